The minimum absolute atomic E-state index is 0.0197. The number of para-hydroxylation sites is 1. The number of benzene rings is 3. The molecule has 3 atom stereocenters. The molecule has 1 saturated heterocycles. The van der Waals surface area contributed by atoms with E-state index in [1.54, 1.807) is 65.9 Å². The van der Waals surface area contributed by atoms with Gasteiger partial charge >= 0.3 is 18.2 Å². The van der Waals surface area contributed by atoms with E-state index in [4.69, 9.17) is 14.2 Å². The monoisotopic (exact) mass is 667 g/mol. The Labute approximate surface area is 284 Å². The van der Waals surface area contributed by atoms with Crippen LogP contribution in [0.1, 0.15) is 64.2 Å². The Kier molecular flexibility index (Phi) is 8.74. The van der Waals surface area contributed by atoms with E-state index in [1.165, 1.54) is 9.47 Å². The van der Waals surface area contributed by atoms with Crippen LogP contribution in [-0.4, -0.2) is 74.8 Å². The molecule has 0 saturated carbocycles. The van der Waals surface area contributed by atoms with Crippen molar-refractivity contribution in [2.75, 3.05) is 6.61 Å². The number of alkyl carbamates (subject to hydrolysis) is 1. The standard InChI is InChI=1S/C38H41N3O8/c1-22-32(34(43)44)41(38(5,6)48-22)33(42)30(19-23-20-40(36(46)49-37(2,3)4)31-18-12-11-13-24(23)31)39-35(45)47-21-29-27-16-9-7-14-25(27)26-15-8-10-17-28(26)29/h7-18,20,22,29-30,32H,19,21H2,1-6H3,(H,39,45)(H,43,44)/t22-,30+,32+/m0/s1. The third kappa shape index (κ3) is 6.50. The smallest absolute Gasteiger partial charge is 0.419 e. The maximum Gasteiger partial charge on any atom is 0.419 e. The van der Waals surface area contributed by atoms with Crippen LogP contribution in [0.3, 0.4) is 0 Å². The molecule has 6 rings (SSSR count). The fraction of sp³-hybridized carbons (Fsp3) is 0.368. The van der Waals surface area contributed by atoms with Crippen LogP contribution in [0.2, 0.25) is 0 Å². The summed E-state index contributed by atoms with van der Waals surface area (Å²) in [6.07, 6.45) is -0.737. The van der Waals surface area contributed by atoms with Crippen molar-refractivity contribution in [1.82, 2.24) is 14.8 Å². The zero-order chi connectivity index (χ0) is 35.2. The molecule has 2 N–H and O–H groups in total. The number of carboxylic acids is 1. The highest BCUT2D eigenvalue weighted by Gasteiger charge is 2.53. The van der Waals surface area contributed by atoms with E-state index in [-0.39, 0.29) is 18.9 Å². The van der Waals surface area contributed by atoms with Crippen molar-refractivity contribution < 1.29 is 38.5 Å². The van der Waals surface area contributed by atoms with Crippen molar-refractivity contribution in [2.45, 2.75) is 83.4 Å². The number of nitrogens with one attached hydrogen (secondary N) is 1. The van der Waals surface area contributed by atoms with E-state index in [2.05, 4.69) is 5.32 Å². The van der Waals surface area contributed by atoms with Gasteiger partial charge in [-0.25, -0.2) is 14.4 Å². The lowest BCUT2D eigenvalue weighted by atomic mass is 9.98. The minimum Gasteiger partial charge on any atom is -0.480 e. The summed E-state index contributed by atoms with van der Waals surface area (Å²) in [5.74, 6) is -2.10. The number of amides is 2. The summed E-state index contributed by atoms with van der Waals surface area (Å²) < 4.78 is 18.7. The van der Waals surface area contributed by atoms with Crippen molar-refractivity contribution >= 4 is 35.0 Å². The molecule has 0 bridgehead atoms. The normalized spacial score (nSPS) is 18.9. The van der Waals surface area contributed by atoms with Crippen LogP contribution in [0.25, 0.3) is 22.0 Å². The lowest BCUT2D eigenvalue weighted by molar-refractivity contribution is -0.156. The van der Waals surface area contributed by atoms with E-state index in [1.807, 2.05) is 54.6 Å². The van der Waals surface area contributed by atoms with Gasteiger partial charge in [-0.15, -0.1) is 0 Å². The Balaban J connectivity index is 1.31. The minimum atomic E-state index is -1.29. The maximum absolute atomic E-state index is 14.4. The molecule has 2 amide bonds. The van der Waals surface area contributed by atoms with Gasteiger partial charge in [0.25, 0.3) is 0 Å². The number of aromatic nitrogens is 1. The van der Waals surface area contributed by atoms with Crippen molar-refractivity contribution in [2.24, 2.45) is 0 Å². The predicted molar refractivity (Wildman–Crippen MR) is 182 cm³/mol. The first-order valence-electron chi connectivity index (χ1n) is 16.3. The third-order valence-corrected chi connectivity index (χ3v) is 9.01. The number of carbonyl (C=O) groups is 4. The van der Waals surface area contributed by atoms with Gasteiger partial charge in [0.1, 0.15) is 24.0 Å². The average Bonchev–Trinajstić information content (AvgIpc) is 3.64. The van der Waals surface area contributed by atoms with E-state index in [0.717, 1.165) is 22.3 Å². The molecule has 0 spiro atoms. The van der Waals surface area contributed by atoms with Crippen LogP contribution in [0.5, 0.6) is 0 Å². The number of rotatable bonds is 7. The summed E-state index contributed by atoms with van der Waals surface area (Å²) in [5, 5.41) is 13.5. The van der Waals surface area contributed by atoms with Crippen molar-refractivity contribution in [3.63, 3.8) is 0 Å². The van der Waals surface area contributed by atoms with Gasteiger partial charge in [-0.2, -0.15) is 0 Å². The number of carboxylic acid groups (broad SMARTS) is 1. The van der Waals surface area contributed by atoms with Crippen LogP contribution in [0.4, 0.5) is 9.59 Å². The summed E-state index contributed by atoms with van der Waals surface area (Å²) in [6, 6.07) is 20.5. The topological polar surface area (TPSA) is 136 Å². The molecule has 256 valence electrons. The van der Waals surface area contributed by atoms with E-state index < -0.39 is 53.6 Å². The molecule has 2 heterocycles. The molecular weight excluding hydrogens is 626 g/mol. The van der Waals surface area contributed by atoms with Gasteiger partial charge in [0.2, 0.25) is 5.91 Å². The lowest BCUT2D eigenvalue weighted by Gasteiger charge is -2.35. The molecule has 49 heavy (non-hydrogen) atoms. The number of hydrogen-bond acceptors (Lipinski definition) is 7. The summed E-state index contributed by atoms with van der Waals surface area (Å²) in [7, 11) is 0. The molecule has 3 aromatic carbocycles. The first-order valence-corrected chi connectivity index (χ1v) is 16.3. The van der Waals surface area contributed by atoms with Crippen molar-refractivity contribution in [1.29, 1.82) is 0 Å². The van der Waals surface area contributed by atoms with Crippen molar-refractivity contribution in [3.05, 3.63) is 95.7 Å². The molecular formula is C38H41N3O8. The van der Waals surface area contributed by atoms with Crippen LogP contribution < -0.4 is 5.32 Å². The summed E-state index contributed by atoms with van der Waals surface area (Å²) >= 11 is 0. The van der Waals surface area contributed by atoms with Gasteiger partial charge in [-0.05, 0) is 75.4 Å². The molecule has 2 aliphatic rings. The summed E-state index contributed by atoms with van der Waals surface area (Å²) in [5.41, 5.74) is 3.31. The maximum atomic E-state index is 14.4. The van der Waals surface area contributed by atoms with Crippen LogP contribution >= 0.6 is 0 Å². The van der Waals surface area contributed by atoms with Gasteiger partial charge < -0.3 is 24.6 Å². The van der Waals surface area contributed by atoms with E-state index in [9.17, 15) is 24.3 Å². The Bertz CT molecular complexity index is 1890. The summed E-state index contributed by atoms with van der Waals surface area (Å²) in [4.78, 5) is 54.8. The molecule has 1 fully saturated rings. The van der Waals surface area contributed by atoms with E-state index >= 15 is 0 Å². The largest absolute Gasteiger partial charge is 0.480 e. The number of ether oxygens (including phenoxy) is 3. The molecule has 1 aromatic heterocycles. The van der Waals surface area contributed by atoms with E-state index in [0.29, 0.717) is 16.5 Å². The highest BCUT2D eigenvalue weighted by Crippen LogP contribution is 2.44. The van der Waals surface area contributed by atoms with Gasteiger partial charge in [-0.1, -0.05) is 66.7 Å². The van der Waals surface area contributed by atoms with Gasteiger partial charge in [0.15, 0.2) is 6.04 Å². The van der Waals surface area contributed by atoms with Crippen molar-refractivity contribution in [3.8, 4) is 11.1 Å². The average molecular weight is 668 g/mol. The zero-order valence-electron chi connectivity index (χ0n) is 28.4. The number of hydrogen-bond donors (Lipinski definition) is 2. The Morgan fingerprint density at radius 2 is 1.53 bits per heavy atom. The molecule has 1 aliphatic heterocycles. The molecule has 11 nitrogen and oxygen atoms in total. The van der Waals surface area contributed by atoms with Crippen LogP contribution in [0, 0.1) is 0 Å². The SMILES string of the molecule is C[C@@H]1OC(C)(C)N(C(=O)[C@@H](Cc2cn(C(=O)OC(C)(C)C)c3ccccc23)NC(=O)OCC2c3ccccc3-c3ccccc32)[C@H]1C(=O)O. The Morgan fingerprint density at radius 3 is 2.14 bits per heavy atom. The highest BCUT2D eigenvalue weighted by molar-refractivity contribution is 5.94. The Morgan fingerprint density at radius 1 is 0.939 bits per heavy atom. The number of nitrogens with zero attached hydrogens (tertiary/aromatic N) is 2. The Hall–Kier alpha value is -5.16. The third-order valence-electron chi connectivity index (χ3n) is 9.01. The second kappa shape index (κ2) is 12.7. The molecule has 0 radical (unpaired) electrons. The number of aliphatic carboxylic acids is 1. The number of carbonyl (C=O) groups excluding carboxylic acids is 3. The fourth-order valence-corrected chi connectivity index (χ4v) is 7.08. The highest BCUT2D eigenvalue weighted by atomic mass is 16.6. The van der Waals surface area contributed by atoms with Gasteiger partial charge in [0, 0.05) is 23.9 Å². The zero-order valence-corrected chi connectivity index (χ0v) is 28.4. The lowest BCUT2D eigenvalue weighted by Crippen LogP contribution is -2.58. The van der Waals surface area contributed by atoms with Crippen LogP contribution in [0.15, 0.2) is 79.0 Å². The quantitative estimate of drug-likeness (QED) is 0.234. The number of fused-ring (bicyclic) bond motifs is 4. The fourth-order valence-electron chi connectivity index (χ4n) is 7.08. The first kappa shape index (κ1) is 33.7. The van der Waals surface area contributed by atoms with Gasteiger partial charge in [0.05, 0.1) is 11.6 Å². The molecule has 1 aliphatic carbocycles. The second-order valence-electron chi connectivity index (χ2n) is 14.0. The first-order chi connectivity index (χ1) is 23.2. The van der Waals surface area contributed by atoms with Crippen LogP contribution in [-0.2, 0) is 30.2 Å². The predicted octanol–water partition coefficient (Wildman–Crippen LogP) is 6.31. The molecule has 4 aromatic rings. The van der Waals surface area contributed by atoms with Gasteiger partial charge in [-0.3, -0.25) is 14.3 Å². The second-order valence-corrected chi connectivity index (χ2v) is 14.0. The molecule has 11 heteroatoms. The molecule has 0 unspecified atom stereocenters. The summed E-state index contributed by atoms with van der Waals surface area (Å²) in [6.45, 7) is 10.1.